The van der Waals surface area contributed by atoms with Crippen molar-refractivity contribution in [2.24, 2.45) is 11.7 Å². The highest BCUT2D eigenvalue weighted by Crippen LogP contribution is 2.26. The number of anilines is 1. The highest BCUT2D eigenvalue weighted by Gasteiger charge is 2.30. The normalized spacial score (nSPS) is 26.9. The fourth-order valence-corrected chi connectivity index (χ4v) is 2.09. The van der Waals surface area contributed by atoms with Crippen LogP contribution in [0.3, 0.4) is 0 Å². The summed E-state index contributed by atoms with van der Waals surface area (Å²) in [4.78, 5) is 10.6. The largest absolute Gasteiger partial charge is 0.351 e. The zero-order valence-corrected chi connectivity index (χ0v) is 8.43. The number of nitrogens with zero attached hydrogens (tertiary/aromatic N) is 3. The van der Waals surface area contributed by atoms with Crippen LogP contribution in [0.2, 0.25) is 0 Å². The van der Waals surface area contributed by atoms with E-state index in [1.54, 1.807) is 18.6 Å². The van der Waals surface area contributed by atoms with Gasteiger partial charge in [-0.15, -0.1) is 0 Å². The van der Waals surface area contributed by atoms with Crippen LogP contribution in [-0.2, 0) is 0 Å². The lowest BCUT2D eigenvalue weighted by atomic mass is 10.0. The molecule has 1 aromatic rings. The minimum atomic E-state index is 0.423. The summed E-state index contributed by atoms with van der Waals surface area (Å²) in [6.45, 7) is 3.98. The molecular weight excluding hydrogens is 176 g/mol. The molecule has 2 N–H and O–H groups in total. The van der Waals surface area contributed by atoms with E-state index in [4.69, 9.17) is 5.73 Å². The summed E-state index contributed by atoms with van der Waals surface area (Å²) in [6, 6.07) is 0.423. The minimum Gasteiger partial charge on any atom is -0.351 e. The van der Waals surface area contributed by atoms with Gasteiger partial charge in [-0.2, -0.15) is 0 Å². The second kappa shape index (κ2) is 3.92. The quantitative estimate of drug-likeness (QED) is 0.747. The first-order valence-corrected chi connectivity index (χ1v) is 5.05. The molecule has 0 spiro atoms. The molecule has 0 radical (unpaired) electrons. The molecule has 2 unspecified atom stereocenters. The lowest BCUT2D eigenvalue weighted by Gasteiger charge is -2.26. The Kier molecular flexibility index (Phi) is 2.63. The van der Waals surface area contributed by atoms with Crippen molar-refractivity contribution in [3.63, 3.8) is 0 Å². The molecule has 0 saturated carbocycles. The lowest BCUT2D eigenvalue weighted by Crippen LogP contribution is -2.38. The molecule has 4 heteroatoms. The summed E-state index contributed by atoms with van der Waals surface area (Å²) in [5, 5.41) is 0. The van der Waals surface area contributed by atoms with Gasteiger partial charge < -0.3 is 10.6 Å². The van der Waals surface area contributed by atoms with E-state index in [1.807, 2.05) is 0 Å². The molecule has 1 aliphatic heterocycles. The van der Waals surface area contributed by atoms with Crippen LogP contribution in [0.25, 0.3) is 0 Å². The molecule has 0 amide bonds. The first-order valence-electron chi connectivity index (χ1n) is 5.05. The number of hydrogen-bond donors (Lipinski definition) is 1. The summed E-state index contributed by atoms with van der Waals surface area (Å²) in [5.41, 5.74) is 5.76. The Balaban J connectivity index is 2.19. The standard InChI is InChI=1S/C10H16N4/c1-8-2-5-14(9(8)6-11)10-7-12-3-4-13-10/h3-4,7-9H,2,5-6,11H2,1H3. The fourth-order valence-electron chi connectivity index (χ4n) is 2.09. The van der Waals surface area contributed by atoms with E-state index < -0.39 is 0 Å². The van der Waals surface area contributed by atoms with E-state index >= 15 is 0 Å². The van der Waals surface area contributed by atoms with Gasteiger partial charge in [-0.1, -0.05) is 6.92 Å². The molecule has 0 aromatic carbocycles. The summed E-state index contributed by atoms with van der Waals surface area (Å²) >= 11 is 0. The van der Waals surface area contributed by atoms with E-state index in [9.17, 15) is 0 Å². The maximum absolute atomic E-state index is 5.76. The molecule has 1 aromatic heterocycles. The van der Waals surface area contributed by atoms with Gasteiger partial charge in [0.15, 0.2) is 0 Å². The number of hydrogen-bond acceptors (Lipinski definition) is 4. The van der Waals surface area contributed by atoms with Crippen molar-refractivity contribution in [3.05, 3.63) is 18.6 Å². The Bertz CT molecular complexity index is 287. The van der Waals surface area contributed by atoms with Crippen LogP contribution >= 0.6 is 0 Å². The Labute approximate surface area is 84.2 Å². The van der Waals surface area contributed by atoms with E-state index in [-0.39, 0.29) is 0 Å². The third-order valence-corrected chi connectivity index (χ3v) is 2.97. The van der Waals surface area contributed by atoms with Crippen LogP contribution in [0.4, 0.5) is 5.82 Å². The maximum atomic E-state index is 5.76. The van der Waals surface area contributed by atoms with Crippen molar-refractivity contribution in [2.45, 2.75) is 19.4 Å². The van der Waals surface area contributed by atoms with E-state index in [1.165, 1.54) is 6.42 Å². The summed E-state index contributed by atoms with van der Waals surface area (Å²) in [5.74, 6) is 1.61. The Morgan fingerprint density at radius 1 is 1.57 bits per heavy atom. The number of nitrogens with two attached hydrogens (primary N) is 1. The van der Waals surface area contributed by atoms with E-state index in [0.29, 0.717) is 18.5 Å². The highest BCUT2D eigenvalue weighted by molar-refractivity contribution is 5.38. The lowest BCUT2D eigenvalue weighted by molar-refractivity contribution is 0.517. The third-order valence-electron chi connectivity index (χ3n) is 2.97. The van der Waals surface area contributed by atoms with Crippen molar-refractivity contribution in [1.82, 2.24) is 9.97 Å². The average Bonchev–Trinajstić information content (AvgIpc) is 2.61. The molecule has 1 aliphatic rings. The molecule has 1 saturated heterocycles. The van der Waals surface area contributed by atoms with Crippen molar-refractivity contribution < 1.29 is 0 Å². The molecule has 2 heterocycles. The van der Waals surface area contributed by atoms with Crippen molar-refractivity contribution in [1.29, 1.82) is 0 Å². The van der Waals surface area contributed by atoms with Gasteiger partial charge in [0, 0.05) is 31.5 Å². The molecule has 14 heavy (non-hydrogen) atoms. The molecule has 4 nitrogen and oxygen atoms in total. The van der Waals surface area contributed by atoms with Crippen LogP contribution in [0.15, 0.2) is 18.6 Å². The first-order chi connectivity index (χ1) is 6.83. The molecular formula is C10H16N4. The van der Waals surface area contributed by atoms with Gasteiger partial charge in [-0.25, -0.2) is 4.98 Å². The maximum Gasteiger partial charge on any atom is 0.147 e. The van der Waals surface area contributed by atoms with Crippen LogP contribution in [0, 0.1) is 5.92 Å². The summed E-state index contributed by atoms with van der Waals surface area (Å²) in [7, 11) is 0. The van der Waals surface area contributed by atoms with E-state index in [0.717, 1.165) is 12.4 Å². The minimum absolute atomic E-state index is 0.423. The van der Waals surface area contributed by atoms with Gasteiger partial charge in [0.05, 0.1) is 6.20 Å². The van der Waals surface area contributed by atoms with Crippen molar-refractivity contribution in [3.8, 4) is 0 Å². The first kappa shape index (κ1) is 9.40. The predicted octanol–water partition coefficient (Wildman–Crippen LogP) is 0.650. The predicted molar refractivity (Wildman–Crippen MR) is 56.0 cm³/mol. The summed E-state index contributed by atoms with van der Waals surface area (Å²) < 4.78 is 0. The summed E-state index contributed by atoms with van der Waals surface area (Å²) in [6.07, 6.45) is 6.42. The van der Waals surface area contributed by atoms with Crippen LogP contribution in [-0.4, -0.2) is 29.1 Å². The molecule has 2 atom stereocenters. The SMILES string of the molecule is CC1CCN(c2cnccn2)C1CN. The topological polar surface area (TPSA) is 55.0 Å². The smallest absolute Gasteiger partial charge is 0.147 e. The van der Waals surface area contributed by atoms with Gasteiger partial charge in [0.2, 0.25) is 0 Å². The van der Waals surface area contributed by atoms with Gasteiger partial charge in [-0.05, 0) is 12.3 Å². The van der Waals surface area contributed by atoms with Crippen molar-refractivity contribution in [2.75, 3.05) is 18.0 Å². The second-order valence-electron chi connectivity index (χ2n) is 3.83. The zero-order chi connectivity index (χ0) is 9.97. The van der Waals surface area contributed by atoms with Crippen LogP contribution in [0.1, 0.15) is 13.3 Å². The Morgan fingerprint density at radius 3 is 3.07 bits per heavy atom. The second-order valence-corrected chi connectivity index (χ2v) is 3.83. The molecule has 0 bridgehead atoms. The van der Waals surface area contributed by atoms with Gasteiger partial charge in [-0.3, -0.25) is 4.98 Å². The van der Waals surface area contributed by atoms with E-state index in [2.05, 4.69) is 21.8 Å². The molecule has 0 aliphatic carbocycles. The van der Waals surface area contributed by atoms with Crippen LogP contribution < -0.4 is 10.6 Å². The molecule has 76 valence electrons. The van der Waals surface area contributed by atoms with Crippen LogP contribution in [0.5, 0.6) is 0 Å². The highest BCUT2D eigenvalue weighted by atomic mass is 15.2. The molecule has 2 rings (SSSR count). The Morgan fingerprint density at radius 2 is 2.43 bits per heavy atom. The van der Waals surface area contributed by atoms with Crippen molar-refractivity contribution >= 4 is 5.82 Å². The zero-order valence-electron chi connectivity index (χ0n) is 8.43. The monoisotopic (exact) mass is 192 g/mol. The van der Waals surface area contributed by atoms with Gasteiger partial charge in [0.25, 0.3) is 0 Å². The third kappa shape index (κ3) is 1.57. The number of aromatic nitrogens is 2. The fraction of sp³-hybridized carbons (Fsp3) is 0.600. The molecule has 1 fully saturated rings. The van der Waals surface area contributed by atoms with Gasteiger partial charge in [0.1, 0.15) is 5.82 Å². The average molecular weight is 192 g/mol. The Hall–Kier alpha value is -1.16. The number of rotatable bonds is 2. The van der Waals surface area contributed by atoms with Gasteiger partial charge >= 0.3 is 0 Å².